The molecular weight excluding hydrogens is 98.1 g/mol. The van der Waals surface area contributed by atoms with Gasteiger partial charge in [0.1, 0.15) is 0 Å². The first-order valence-electron chi connectivity index (χ1n) is 3.63. The second-order valence-corrected chi connectivity index (χ2v) is 2.03. The zero-order valence-electron chi connectivity index (χ0n) is 5.98. The second kappa shape index (κ2) is 5.10. The third kappa shape index (κ3) is 2.31. The Morgan fingerprint density at radius 3 is 1.88 bits per heavy atom. The molecule has 1 aliphatic rings. The Bertz CT molecular complexity index is 36.9. The first-order valence-corrected chi connectivity index (χ1v) is 3.63. The van der Waals surface area contributed by atoms with Crippen molar-refractivity contribution in [3.8, 4) is 0 Å². The molecule has 0 unspecified atom stereocenters. The van der Waals surface area contributed by atoms with E-state index in [1.54, 1.807) is 0 Å². The van der Waals surface area contributed by atoms with E-state index in [9.17, 15) is 0 Å². The van der Waals surface area contributed by atoms with Crippen molar-refractivity contribution >= 4 is 0 Å². The van der Waals surface area contributed by atoms with Crippen molar-refractivity contribution in [3.63, 3.8) is 0 Å². The monoisotopic (exact) mass is 115 g/mol. The molecule has 1 rings (SSSR count). The molecule has 50 valence electrons. The molecule has 1 fully saturated rings. The van der Waals surface area contributed by atoms with Crippen LogP contribution in [0.25, 0.3) is 0 Å². The molecule has 8 heavy (non-hydrogen) atoms. The van der Waals surface area contributed by atoms with Gasteiger partial charge in [-0.25, -0.2) is 0 Å². The third-order valence-electron chi connectivity index (χ3n) is 1.56. The summed E-state index contributed by atoms with van der Waals surface area (Å²) in [6.45, 7) is 4.92. The Hall–Kier alpha value is -0.0400. The molecule has 0 aromatic heterocycles. The molecule has 0 amide bonds. The van der Waals surface area contributed by atoms with Crippen molar-refractivity contribution in [2.45, 2.75) is 33.1 Å². The van der Waals surface area contributed by atoms with Gasteiger partial charge in [-0.05, 0) is 25.3 Å². The summed E-state index contributed by atoms with van der Waals surface area (Å²) in [6, 6.07) is 0. The molecule has 0 radical (unpaired) electrons. The first-order chi connectivity index (χ1) is 3.93. The average molecular weight is 115 g/mol. The van der Waals surface area contributed by atoms with Crippen LogP contribution in [0.15, 0.2) is 0 Å². The maximum atomic E-state index is 5.33. The maximum absolute atomic E-state index is 5.33. The van der Waals surface area contributed by atoms with E-state index in [1.165, 1.54) is 19.3 Å². The van der Waals surface area contributed by atoms with Crippen LogP contribution < -0.4 is 5.73 Å². The third-order valence-corrected chi connectivity index (χ3v) is 1.56. The maximum Gasteiger partial charge on any atom is -0.00489 e. The summed E-state index contributed by atoms with van der Waals surface area (Å²) in [5.41, 5.74) is 5.33. The van der Waals surface area contributed by atoms with Gasteiger partial charge in [0.05, 0.1) is 0 Å². The minimum atomic E-state index is 0.894. The van der Waals surface area contributed by atoms with Crippen LogP contribution in [0.5, 0.6) is 0 Å². The number of hydrogen-bond donors (Lipinski definition) is 1. The molecule has 0 aliphatic heterocycles. The molecule has 0 aromatic carbocycles. The summed E-state index contributed by atoms with van der Waals surface area (Å²) < 4.78 is 0. The highest BCUT2D eigenvalue weighted by Crippen LogP contribution is 2.24. The van der Waals surface area contributed by atoms with Gasteiger partial charge in [-0.2, -0.15) is 0 Å². The molecule has 0 aromatic rings. The van der Waals surface area contributed by atoms with Crippen LogP contribution in [0, 0.1) is 5.92 Å². The number of rotatable bonds is 1. The van der Waals surface area contributed by atoms with Crippen LogP contribution in [0.1, 0.15) is 33.1 Å². The standard InChI is InChI=1S/C5H11N.C2H6/c6-4-5-2-1-3-5;1-2/h5H,1-4,6H2;1-2H3. The van der Waals surface area contributed by atoms with Crippen molar-refractivity contribution in [3.05, 3.63) is 0 Å². The van der Waals surface area contributed by atoms with Crippen LogP contribution in [-0.2, 0) is 0 Å². The van der Waals surface area contributed by atoms with Crippen LogP contribution in [0.2, 0.25) is 0 Å². The minimum Gasteiger partial charge on any atom is -0.330 e. The molecule has 2 N–H and O–H groups in total. The van der Waals surface area contributed by atoms with Crippen LogP contribution in [0.4, 0.5) is 0 Å². The fourth-order valence-electron chi connectivity index (χ4n) is 0.729. The van der Waals surface area contributed by atoms with E-state index in [2.05, 4.69) is 0 Å². The van der Waals surface area contributed by atoms with Crippen molar-refractivity contribution < 1.29 is 0 Å². The van der Waals surface area contributed by atoms with E-state index >= 15 is 0 Å². The highest BCUT2D eigenvalue weighted by Gasteiger charge is 2.13. The van der Waals surface area contributed by atoms with Gasteiger partial charge >= 0.3 is 0 Å². The van der Waals surface area contributed by atoms with Gasteiger partial charge in [0.2, 0.25) is 0 Å². The van der Waals surface area contributed by atoms with E-state index in [4.69, 9.17) is 5.73 Å². The van der Waals surface area contributed by atoms with Gasteiger partial charge in [-0.15, -0.1) is 0 Å². The SMILES string of the molecule is CC.NCC1CCC1. The summed E-state index contributed by atoms with van der Waals surface area (Å²) in [6.07, 6.45) is 4.19. The molecule has 0 spiro atoms. The Morgan fingerprint density at radius 2 is 1.88 bits per heavy atom. The summed E-state index contributed by atoms with van der Waals surface area (Å²) in [7, 11) is 0. The predicted octanol–water partition coefficient (Wildman–Crippen LogP) is 1.77. The van der Waals surface area contributed by atoms with Gasteiger partial charge in [-0.1, -0.05) is 20.3 Å². The lowest BCUT2D eigenvalue weighted by molar-refractivity contribution is 0.325. The zero-order valence-corrected chi connectivity index (χ0v) is 5.98. The Balaban J connectivity index is 0.000000222. The Kier molecular flexibility index (Phi) is 5.08. The van der Waals surface area contributed by atoms with Gasteiger partial charge in [-0.3, -0.25) is 0 Å². The number of nitrogens with two attached hydrogens (primary N) is 1. The predicted molar refractivity (Wildman–Crippen MR) is 37.7 cm³/mol. The summed E-state index contributed by atoms with van der Waals surface area (Å²) in [5, 5.41) is 0. The zero-order chi connectivity index (χ0) is 6.41. The van der Waals surface area contributed by atoms with Crippen molar-refractivity contribution in [2.75, 3.05) is 6.54 Å². The fraction of sp³-hybridized carbons (Fsp3) is 1.00. The van der Waals surface area contributed by atoms with Crippen molar-refractivity contribution in [1.82, 2.24) is 0 Å². The minimum absolute atomic E-state index is 0.894. The quantitative estimate of drug-likeness (QED) is 0.553. The van der Waals surface area contributed by atoms with Crippen molar-refractivity contribution in [1.29, 1.82) is 0 Å². The Morgan fingerprint density at radius 1 is 1.38 bits per heavy atom. The molecule has 0 atom stereocenters. The lowest BCUT2D eigenvalue weighted by Crippen LogP contribution is -2.20. The Labute approximate surface area is 52.3 Å². The molecule has 0 heterocycles. The molecular formula is C7H17N. The van der Waals surface area contributed by atoms with Crippen LogP contribution >= 0.6 is 0 Å². The first kappa shape index (κ1) is 7.96. The van der Waals surface area contributed by atoms with Crippen molar-refractivity contribution in [2.24, 2.45) is 11.7 Å². The summed E-state index contributed by atoms with van der Waals surface area (Å²) in [4.78, 5) is 0. The van der Waals surface area contributed by atoms with Gasteiger partial charge in [0.25, 0.3) is 0 Å². The largest absolute Gasteiger partial charge is 0.330 e. The van der Waals surface area contributed by atoms with Gasteiger partial charge in [0.15, 0.2) is 0 Å². The van der Waals surface area contributed by atoms with Crippen LogP contribution in [-0.4, -0.2) is 6.54 Å². The highest BCUT2D eigenvalue weighted by atomic mass is 14.6. The lowest BCUT2D eigenvalue weighted by Gasteiger charge is -2.22. The van der Waals surface area contributed by atoms with E-state index in [1.807, 2.05) is 13.8 Å². The van der Waals surface area contributed by atoms with Gasteiger partial charge in [0, 0.05) is 0 Å². The topological polar surface area (TPSA) is 26.0 Å². The van der Waals surface area contributed by atoms with Crippen LogP contribution in [0.3, 0.4) is 0 Å². The molecule has 1 saturated carbocycles. The molecule has 0 saturated heterocycles. The molecule has 1 heteroatoms. The summed E-state index contributed by atoms with van der Waals surface area (Å²) >= 11 is 0. The van der Waals surface area contributed by atoms with E-state index in [0.29, 0.717) is 0 Å². The van der Waals surface area contributed by atoms with E-state index in [-0.39, 0.29) is 0 Å². The highest BCUT2D eigenvalue weighted by molar-refractivity contribution is 4.68. The summed E-state index contributed by atoms with van der Waals surface area (Å²) in [5.74, 6) is 0.894. The molecule has 1 nitrogen and oxygen atoms in total. The van der Waals surface area contributed by atoms with E-state index in [0.717, 1.165) is 12.5 Å². The average Bonchev–Trinajstić information content (AvgIpc) is 1.69. The van der Waals surface area contributed by atoms with E-state index < -0.39 is 0 Å². The second-order valence-electron chi connectivity index (χ2n) is 2.03. The van der Waals surface area contributed by atoms with Gasteiger partial charge < -0.3 is 5.73 Å². The normalized spacial score (nSPS) is 18.4. The smallest absolute Gasteiger partial charge is 0.00489 e. The fourth-order valence-corrected chi connectivity index (χ4v) is 0.729. The lowest BCUT2D eigenvalue weighted by atomic mass is 9.86. The molecule has 0 bridgehead atoms. The molecule has 1 aliphatic carbocycles. The number of hydrogen-bond acceptors (Lipinski definition) is 1.